The molecule has 1 aromatic rings. The Morgan fingerprint density at radius 2 is 2.16 bits per heavy atom. The summed E-state index contributed by atoms with van der Waals surface area (Å²) in [5, 5.41) is 0. The van der Waals surface area contributed by atoms with Gasteiger partial charge in [-0.3, -0.25) is 9.78 Å². The second kappa shape index (κ2) is 7.04. The highest BCUT2D eigenvalue weighted by Crippen LogP contribution is 2.21. The molecule has 19 heavy (non-hydrogen) atoms. The van der Waals surface area contributed by atoms with E-state index in [1.807, 2.05) is 0 Å². The summed E-state index contributed by atoms with van der Waals surface area (Å²) in [5.41, 5.74) is 0. The number of aromatic nitrogens is 2. The van der Waals surface area contributed by atoms with Crippen molar-refractivity contribution in [2.24, 2.45) is 5.92 Å². The van der Waals surface area contributed by atoms with Crippen LogP contribution in [0.4, 0.5) is 5.82 Å². The Hall–Kier alpha value is -1.69. The number of hydrogen-bond acceptors (Lipinski definition) is 6. The molecule has 0 spiro atoms. The predicted octanol–water partition coefficient (Wildman–Crippen LogP) is 0.883. The van der Waals surface area contributed by atoms with E-state index in [9.17, 15) is 4.79 Å². The van der Waals surface area contributed by atoms with Crippen molar-refractivity contribution in [3.05, 3.63) is 18.6 Å². The van der Waals surface area contributed by atoms with Crippen LogP contribution in [0, 0.1) is 5.92 Å². The van der Waals surface area contributed by atoms with Crippen molar-refractivity contribution in [1.82, 2.24) is 9.97 Å². The monoisotopic (exact) mass is 265 g/mol. The minimum atomic E-state index is -0.115. The maximum atomic E-state index is 11.8. The van der Waals surface area contributed by atoms with Gasteiger partial charge >= 0.3 is 5.97 Å². The molecule has 6 heteroatoms. The summed E-state index contributed by atoms with van der Waals surface area (Å²) in [4.78, 5) is 22.3. The number of methoxy groups -OCH3 is 1. The van der Waals surface area contributed by atoms with Gasteiger partial charge in [0.25, 0.3) is 0 Å². The SMILES string of the molecule is COCCOC(=O)C1CCN(c2cnccn2)CC1. The van der Waals surface area contributed by atoms with Crippen molar-refractivity contribution in [3.63, 3.8) is 0 Å². The van der Waals surface area contributed by atoms with E-state index in [0.717, 1.165) is 31.7 Å². The molecule has 6 nitrogen and oxygen atoms in total. The van der Waals surface area contributed by atoms with Gasteiger partial charge in [0.2, 0.25) is 0 Å². The molecule has 0 aromatic carbocycles. The summed E-state index contributed by atoms with van der Waals surface area (Å²) in [6.45, 7) is 2.40. The molecule has 0 radical (unpaired) electrons. The highest BCUT2D eigenvalue weighted by atomic mass is 16.6. The van der Waals surface area contributed by atoms with Crippen LogP contribution in [0.25, 0.3) is 0 Å². The van der Waals surface area contributed by atoms with Gasteiger partial charge in [0.15, 0.2) is 0 Å². The molecule has 104 valence electrons. The minimum absolute atomic E-state index is 0.00947. The average Bonchev–Trinajstić information content (AvgIpc) is 2.48. The van der Waals surface area contributed by atoms with Gasteiger partial charge in [0.1, 0.15) is 12.4 Å². The van der Waals surface area contributed by atoms with Crippen LogP contribution in [-0.4, -0.2) is 49.4 Å². The molecule has 0 unspecified atom stereocenters. The topological polar surface area (TPSA) is 64.6 Å². The Morgan fingerprint density at radius 3 is 2.79 bits per heavy atom. The number of hydrogen-bond donors (Lipinski definition) is 0. The Bertz CT molecular complexity index is 391. The molecule has 0 aliphatic carbocycles. The van der Waals surface area contributed by atoms with Crippen LogP contribution in [0.15, 0.2) is 18.6 Å². The van der Waals surface area contributed by atoms with Gasteiger partial charge in [-0.1, -0.05) is 0 Å². The lowest BCUT2D eigenvalue weighted by atomic mass is 9.97. The number of nitrogens with zero attached hydrogens (tertiary/aromatic N) is 3. The molecule has 1 fully saturated rings. The molecule has 1 saturated heterocycles. The fourth-order valence-electron chi connectivity index (χ4n) is 2.14. The van der Waals surface area contributed by atoms with Crippen LogP contribution < -0.4 is 4.90 Å². The Kier molecular flexibility index (Phi) is 5.09. The van der Waals surface area contributed by atoms with Gasteiger partial charge in [-0.2, -0.15) is 0 Å². The van der Waals surface area contributed by atoms with Crippen molar-refractivity contribution < 1.29 is 14.3 Å². The molecule has 0 saturated carbocycles. The van der Waals surface area contributed by atoms with Crippen molar-refractivity contribution in [2.45, 2.75) is 12.8 Å². The van der Waals surface area contributed by atoms with Gasteiger partial charge in [0, 0.05) is 32.6 Å². The average molecular weight is 265 g/mol. The van der Waals surface area contributed by atoms with E-state index in [1.54, 1.807) is 25.7 Å². The van der Waals surface area contributed by atoms with Gasteiger partial charge in [-0.05, 0) is 12.8 Å². The first-order valence-corrected chi connectivity index (χ1v) is 6.48. The number of anilines is 1. The van der Waals surface area contributed by atoms with Crippen molar-refractivity contribution in [2.75, 3.05) is 38.3 Å². The van der Waals surface area contributed by atoms with E-state index in [4.69, 9.17) is 9.47 Å². The molecular weight excluding hydrogens is 246 g/mol. The number of carbonyl (C=O) groups is 1. The Labute approximate surface area is 112 Å². The summed E-state index contributed by atoms with van der Waals surface area (Å²) in [6, 6.07) is 0. The van der Waals surface area contributed by atoms with Crippen LogP contribution in [0.5, 0.6) is 0 Å². The highest BCUT2D eigenvalue weighted by molar-refractivity contribution is 5.72. The maximum Gasteiger partial charge on any atom is 0.309 e. The second-order valence-electron chi connectivity index (χ2n) is 4.49. The van der Waals surface area contributed by atoms with Crippen LogP contribution >= 0.6 is 0 Å². The number of ether oxygens (including phenoxy) is 2. The minimum Gasteiger partial charge on any atom is -0.463 e. The normalized spacial score (nSPS) is 16.4. The summed E-state index contributed by atoms with van der Waals surface area (Å²) in [7, 11) is 1.59. The summed E-state index contributed by atoms with van der Waals surface area (Å²) in [5.74, 6) is 0.745. The quantitative estimate of drug-likeness (QED) is 0.582. The lowest BCUT2D eigenvalue weighted by Gasteiger charge is -2.31. The molecule has 1 aromatic heterocycles. The lowest BCUT2D eigenvalue weighted by molar-refractivity contribution is -0.150. The van der Waals surface area contributed by atoms with Gasteiger partial charge in [-0.15, -0.1) is 0 Å². The lowest BCUT2D eigenvalue weighted by Crippen LogP contribution is -2.37. The zero-order chi connectivity index (χ0) is 13.5. The molecule has 1 aliphatic rings. The molecule has 2 rings (SSSR count). The summed E-state index contributed by atoms with van der Waals surface area (Å²) < 4.78 is 10.0. The van der Waals surface area contributed by atoms with Crippen LogP contribution in [0.2, 0.25) is 0 Å². The molecule has 0 bridgehead atoms. The smallest absolute Gasteiger partial charge is 0.309 e. The largest absolute Gasteiger partial charge is 0.463 e. The molecule has 0 atom stereocenters. The van der Waals surface area contributed by atoms with Crippen molar-refractivity contribution in [3.8, 4) is 0 Å². The number of piperidine rings is 1. The zero-order valence-corrected chi connectivity index (χ0v) is 11.1. The summed E-state index contributed by atoms with van der Waals surface area (Å²) in [6.07, 6.45) is 6.67. The molecular formula is C13H19N3O3. The van der Waals surface area contributed by atoms with Gasteiger partial charge in [-0.25, -0.2) is 4.98 Å². The first kappa shape index (κ1) is 13.7. The van der Waals surface area contributed by atoms with Crippen LogP contribution in [0.1, 0.15) is 12.8 Å². The first-order chi connectivity index (χ1) is 9.31. The maximum absolute atomic E-state index is 11.8. The van der Waals surface area contributed by atoms with Crippen molar-refractivity contribution >= 4 is 11.8 Å². The number of rotatable bonds is 5. The standard InChI is InChI=1S/C13H19N3O3/c1-18-8-9-19-13(17)11-2-6-16(7-3-11)12-10-14-4-5-15-12/h4-5,10-11H,2-3,6-9H2,1H3. The highest BCUT2D eigenvalue weighted by Gasteiger charge is 2.26. The van der Waals surface area contributed by atoms with Gasteiger partial charge in [0.05, 0.1) is 18.7 Å². The van der Waals surface area contributed by atoms with E-state index >= 15 is 0 Å². The number of esters is 1. The first-order valence-electron chi connectivity index (χ1n) is 6.48. The van der Waals surface area contributed by atoms with E-state index < -0.39 is 0 Å². The van der Waals surface area contributed by atoms with Crippen LogP contribution in [-0.2, 0) is 14.3 Å². The second-order valence-corrected chi connectivity index (χ2v) is 4.49. The summed E-state index contributed by atoms with van der Waals surface area (Å²) >= 11 is 0. The third-order valence-electron chi connectivity index (χ3n) is 3.23. The molecule has 0 amide bonds. The molecule has 1 aliphatic heterocycles. The van der Waals surface area contributed by atoms with Crippen molar-refractivity contribution in [1.29, 1.82) is 0 Å². The van der Waals surface area contributed by atoms with Crippen LogP contribution in [0.3, 0.4) is 0 Å². The van der Waals surface area contributed by atoms with E-state index in [-0.39, 0.29) is 11.9 Å². The molecule has 0 N–H and O–H groups in total. The van der Waals surface area contributed by atoms with E-state index in [0.29, 0.717) is 13.2 Å². The van der Waals surface area contributed by atoms with E-state index in [1.165, 1.54) is 0 Å². The molecule has 2 heterocycles. The fourth-order valence-corrected chi connectivity index (χ4v) is 2.14. The third kappa shape index (κ3) is 3.89. The zero-order valence-electron chi connectivity index (χ0n) is 11.1. The third-order valence-corrected chi connectivity index (χ3v) is 3.23. The van der Waals surface area contributed by atoms with Gasteiger partial charge < -0.3 is 14.4 Å². The number of carbonyl (C=O) groups excluding carboxylic acids is 1. The predicted molar refractivity (Wildman–Crippen MR) is 69.8 cm³/mol. The Morgan fingerprint density at radius 1 is 1.37 bits per heavy atom. The van der Waals surface area contributed by atoms with E-state index in [2.05, 4.69) is 14.9 Å². The fraction of sp³-hybridized carbons (Fsp3) is 0.615. The Balaban J connectivity index is 1.77.